The van der Waals surface area contributed by atoms with Gasteiger partial charge >= 0.3 is 0 Å². The largest absolute Gasteiger partial charge is 0.512 e. The van der Waals surface area contributed by atoms with Crippen LogP contribution in [0.25, 0.3) is 0 Å². The maximum atomic E-state index is 6.25. The zero-order valence-corrected chi connectivity index (χ0v) is 14.7. The summed E-state index contributed by atoms with van der Waals surface area (Å²) in [7, 11) is 0. The fourth-order valence-electron chi connectivity index (χ4n) is 2.73. The number of unbranched alkanes of at least 4 members (excludes halogenated alkanes) is 8. The van der Waals surface area contributed by atoms with Crippen molar-refractivity contribution in [3.05, 3.63) is 36.7 Å². The molecule has 0 radical (unpaired) electrons. The molecule has 0 aromatic carbocycles. The number of pyridine rings is 1. The SMILES string of the molecule is CCCCCCCCCC[n+]1ccccc1CCCC.[C-]#N. The van der Waals surface area contributed by atoms with Crippen LogP contribution in [0.1, 0.15) is 83.7 Å². The van der Waals surface area contributed by atoms with Gasteiger partial charge in [0.1, 0.15) is 6.54 Å². The predicted molar refractivity (Wildman–Crippen MR) is 92.8 cm³/mol. The lowest BCUT2D eigenvalue weighted by Crippen LogP contribution is -2.37. The van der Waals surface area contributed by atoms with Crippen LogP contribution in [0.4, 0.5) is 0 Å². The minimum absolute atomic E-state index is 1.20. The normalized spacial score (nSPS) is 10.0. The Morgan fingerprint density at radius 3 is 2.05 bits per heavy atom. The number of hydrogen-bond acceptors (Lipinski definition) is 1. The maximum absolute atomic E-state index is 6.25. The molecule has 0 saturated heterocycles. The number of rotatable bonds is 12. The first-order valence-corrected chi connectivity index (χ1v) is 9.08. The average molecular weight is 303 g/mol. The molecule has 0 unspecified atom stereocenters. The molecule has 124 valence electrons. The van der Waals surface area contributed by atoms with E-state index in [9.17, 15) is 0 Å². The molecule has 1 heterocycles. The number of aryl methyl sites for hydroxylation is 2. The topological polar surface area (TPSA) is 27.7 Å². The minimum Gasteiger partial charge on any atom is -0.512 e. The summed E-state index contributed by atoms with van der Waals surface area (Å²) in [6.45, 7) is 10.5. The van der Waals surface area contributed by atoms with E-state index in [-0.39, 0.29) is 0 Å². The van der Waals surface area contributed by atoms with E-state index in [4.69, 9.17) is 11.8 Å². The van der Waals surface area contributed by atoms with Gasteiger partial charge in [-0.3, -0.25) is 0 Å². The van der Waals surface area contributed by atoms with Crippen LogP contribution >= 0.6 is 0 Å². The third-order valence-corrected chi connectivity index (χ3v) is 4.07. The van der Waals surface area contributed by atoms with Crippen molar-refractivity contribution in [3.8, 4) is 0 Å². The Morgan fingerprint density at radius 2 is 1.41 bits per heavy atom. The van der Waals surface area contributed by atoms with Crippen molar-refractivity contribution in [2.45, 2.75) is 91.0 Å². The van der Waals surface area contributed by atoms with E-state index < -0.39 is 0 Å². The second-order valence-corrected chi connectivity index (χ2v) is 5.96. The van der Waals surface area contributed by atoms with Crippen LogP contribution in [0.2, 0.25) is 0 Å². The third kappa shape index (κ3) is 10.4. The Balaban J connectivity index is 0.00000211. The fraction of sp³-hybridized carbons (Fsp3) is 0.700. The molecule has 0 N–H and O–H groups in total. The van der Waals surface area contributed by atoms with Gasteiger partial charge in [-0.1, -0.05) is 64.9 Å². The monoisotopic (exact) mass is 302 g/mol. The lowest BCUT2D eigenvalue weighted by Gasteiger charge is -2.04. The van der Waals surface area contributed by atoms with Gasteiger partial charge in [0.25, 0.3) is 0 Å². The highest BCUT2D eigenvalue weighted by Crippen LogP contribution is 2.08. The van der Waals surface area contributed by atoms with Gasteiger partial charge < -0.3 is 11.8 Å². The summed E-state index contributed by atoms with van der Waals surface area (Å²) in [6.07, 6.45) is 17.3. The molecule has 1 aromatic rings. The van der Waals surface area contributed by atoms with Gasteiger partial charge in [-0.25, -0.2) is 4.57 Å². The predicted octanol–water partition coefficient (Wildman–Crippen LogP) is 5.55. The highest BCUT2D eigenvalue weighted by molar-refractivity contribution is 4.97. The molecule has 0 fully saturated rings. The van der Waals surface area contributed by atoms with Gasteiger partial charge in [-0.15, -0.1) is 0 Å². The van der Waals surface area contributed by atoms with Crippen molar-refractivity contribution in [1.82, 2.24) is 0 Å². The van der Waals surface area contributed by atoms with Crippen LogP contribution in [0.5, 0.6) is 0 Å². The Kier molecular flexibility index (Phi) is 15.0. The van der Waals surface area contributed by atoms with Gasteiger partial charge in [-0.05, 0) is 12.8 Å². The summed E-state index contributed by atoms with van der Waals surface area (Å²) in [5.41, 5.74) is 1.51. The second-order valence-electron chi connectivity index (χ2n) is 5.96. The first-order chi connectivity index (χ1) is 10.9. The summed E-state index contributed by atoms with van der Waals surface area (Å²) in [5.74, 6) is 0. The summed E-state index contributed by atoms with van der Waals surface area (Å²) >= 11 is 0. The number of hydrogen-bond donors (Lipinski definition) is 0. The molecule has 1 rings (SSSR count). The Morgan fingerprint density at radius 1 is 0.818 bits per heavy atom. The Bertz CT molecular complexity index is 371. The Hall–Kier alpha value is -1.36. The van der Waals surface area contributed by atoms with Crippen LogP contribution in [0, 0.1) is 11.8 Å². The average Bonchev–Trinajstić information content (AvgIpc) is 2.58. The van der Waals surface area contributed by atoms with Crippen LogP contribution in [-0.2, 0) is 13.0 Å². The number of aromatic nitrogens is 1. The van der Waals surface area contributed by atoms with Crippen LogP contribution < -0.4 is 4.57 Å². The second kappa shape index (κ2) is 16.0. The molecular weight excluding hydrogens is 268 g/mol. The molecule has 0 atom stereocenters. The van der Waals surface area contributed by atoms with E-state index in [0.29, 0.717) is 0 Å². The molecule has 22 heavy (non-hydrogen) atoms. The molecule has 0 aliphatic carbocycles. The van der Waals surface area contributed by atoms with Crippen molar-refractivity contribution in [2.24, 2.45) is 0 Å². The standard InChI is InChI=1S/C19H34N.CN/c1-3-5-7-8-9-10-11-13-17-20-18-14-12-16-19(20)15-6-4-2;1-2/h12,14,16,18H,3-11,13,15,17H2,1-2H3;/q+1;-1. The molecule has 0 aliphatic heterocycles. The van der Waals surface area contributed by atoms with Crippen molar-refractivity contribution >= 4 is 0 Å². The summed E-state index contributed by atoms with van der Waals surface area (Å²) < 4.78 is 2.47. The van der Waals surface area contributed by atoms with E-state index in [1.54, 1.807) is 0 Å². The van der Waals surface area contributed by atoms with Gasteiger partial charge in [0, 0.05) is 25.0 Å². The van der Waals surface area contributed by atoms with Crippen molar-refractivity contribution in [2.75, 3.05) is 0 Å². The van der Waals surface area contributed by atoms with E-state index in [1.807, 2.05) is 0 Å². The third-order valence-electron chi connectivity index (χ3n) is 4.07. The van der Waals surface area contributed by atoms with Gasteiger partial charge in [-0.2, -0.15) is 0 Å². The maximum Gasteiger partial charge on any atom is 0.181 e. The van der Waals surface area contributed by atoms with Crippen molar-refractivity contribution in [1.29, 1.82) is 5.26 Å². The summed E-state index contributed by atoms with van der Waals surface area (Å²) in [6, 6.07) is 6.63. The highest BCUT2D eigenvalue weighted by Gasteiger charge is 2.07. The molecule has 2 nitrogen and oxygen atoms in total. The van der Waals surface area contributed by atoms with Gasteiger partial charge in [0.15, 0.2) is 11.9 Å². The van der Waals surface area contributed by atoms with Gasteiger partial charge in [0.2, 0.25) is 0 Å². The first kappa shape index (κ1) is 20.6. The lowest BCUT2D eigenvalue weighted by atomic mass is 10.1. The first-order valence-electron chi connectivity index (χ1n) is 9.08. The van der Waals surface area contributed by atoms with Crippen molar-refractivity contribution < 1.29 is 4.57 Å². The molecule has 0 aliphatic rings. The van der Waals surface area contributed by atoms with Crippen molar-refractivity contribution in [3.63, 3.8) is 0 Å². The summed E-state index contributed by atoms with van der Waals surface area (Å²) in [5, 5.41) is 6.25. The quantitative estimate of drug-likeness (QED) is 0.282. The molecule has 0 bridgehead atoms. The fourth-order valence-corrected chi connectivity index (χ4v) is 2.73. The molecule has 0 spiro atoms. The molecule has 2 heteroatoms. The van der Waals surface area contributed by atoms with E-state index in [0.717, 1.165) is 0 Å². The number of nitrogens with zero attached hydrogens (tertiary/aromatic N) is 2. The van der Waals surface area contributed by atoms with Gasteiger partial charge in [0.05, 0.1) is 0 Å². The Labute approximate surface area is 138 Å². The zero-order chi connectivity index (χ0) is 16.5. The molecular formula is C20H34N2. The lowest BCUT2D eigenvalue weighted by molar-refractivity contribution is -0.704. The van der Waals surface area contributed by atoms with Crippen LogP contribution in [0.15, 0.2) is 24.4 Å². The van der Waals surface area contributed by atoms with E-state index >= 15 is 0 Å². The van der Waals surface area contributed by atoms with Crippen LogP contribution in [-0.4, -0.2) is 0 Å². The zero-order valence-electron chi connectivity index (χ0n) is 14.7. The molecule has 0 amide bonds. The molecule has 0 saturated carbocycles. The highest BCUT2D eigenvalue weighted by atomic mass is 14.9. The van der Waals surface area contributed by atoms with Crippen LogP contribution in [0.3, 0.4) is 0 Å². The smallest absolute Gasteiger partial charge is 0.181 e. The minimum atomic E-state index is 1.20. The summed E-state index contributed by atoms with van der Waals surface area (Å²) in [4.78, 5) is 0. The van der Waals surface area contributed by atoms with E-state index in [1.165, 1.54) is 82.9 Å². The molecule has 1 aromatic heterocycles. The van der Waals surface area contributed by atoms with E-state index in [2.05, 4.69) is 42.8 Å².